The molecular formula is C21H25ClF3N3O5. The Balaban J connectivity index is 1.22. The third-order valence-electron chi connectivity index (χ3n) is 6.09. The molecule has 3 aliphatic rings. The van der Waals surface area contributed by atoms with E-state index in [-0.39, 0.29) is 47.4 Å². The lowest BCUT2D eigenvalue weighted by Gasteiger charge is -2.43. The average Bonchev–Trinajstić information content (AvgIpc) is 2.77. The Morgan fingerprint density at radius 1 is 1.18 bits per heavy atom. The molecule has 182 valence electrons. The number of hydrogen-bond acceptors (Lipinski definition) is 5. The molecule has 3 saturated heterocycles. The minimum atomic E-state index is -4.79. The highest BCUT2D eigenvalue weighted by Gasteiger charge is 2.38. The Morgan fingerprint density at radius 2 is 1.91 bits per heavy atom. The summed E-state index contributed by atoms with van der Waals surface area (Å²) >= 11 is 6.02. The number of carbonyl (C=O) groups excluding carboxylic acids is 2. The lowest BCUT2D eigenvalue weighted by molar-refractivity contribution is -0.274. The molecule has 2 atom stereocenters. The van der Waals surface area contributed by atoms with Gasteiger partial charge in [-0.3, -0.25) is 4.79 Å². The number of hydrogen-bond donors (Lipinski definition) is 1. The molecule has 1 unspecified atom stereocenters. The summed E-state index contributed by atoms with van der Waals surface area (Å²) in [6, 6.07) is 3.34. The molecule has 3 aliphatic heterocycles. The van der Waals surface area contributed by atoms with Crippen LogP contribution in [-0.2, 0) is 9.53 Å². The number of nitrogens with one attached hydrogen (secondary N) is 1. The molecule has 0 radical (unpaired) electrons. The Hall–Kier alpha value is -2.40. The van der Waals surface area contributed by atoms with E-state index in [2.05, 4.69) is 10.1 Å². The molecule has 0 aliphatic carbocycles. The second-order valence-corrected chi connectivity index (χ2v) is 8.83. The van der Waals surface area contributed by atoms with Crippen LogP contribution in [0.25, 0.3) is 0 Å². The van der Waals surface area contributed by atoms with Crippen molar-refractivity contribution >= 4 is 23.5 Å². The van der Waals surface area contributed by atoms with Gasteiger partial charge in [0.2, 0.25) is 5.91 Å². The van der Waals surface area contributed by atoms with E-state index in [4.69, 9.17) is 21.1 Å². The molecule has 3 fully saturated rings. The highest BCUT2D eigenvalue weighted by Crippen LogP contribution is 2.32. The maximum atomic E-state index is 12.9. The van der Waals surface area contributed by atoms with Crippen LogP contribution in [0, 0.1) is 5.92 Å². The third-order valence-corrected chi connectivity index (χ3v) is 6.39. The standard InChI is InChI=1S/C21H25ClF3N3O5/c22-15-9-14(33-21(23,24)25)1-2-17(15)31-11-13-3-6-27(7-4-13)20(30)28-8-5-18-16(10-28)26-19(29)12-32-18/h1-2,9,13,16,18H,3-8,10-12H2,(H,26,29)/t16-,18?/m1/s1. The van der Waals surface area contributed by atoms with Gasteiger partial charge >= 0.3 is 12.4 Å². The summed E-state index contributed by atoms with van der Waals surface area (Å²) in [6.07, 6.45) is -2.67. The maximum Gasteiger partial charge on any atom is 0.573 e. The van der Waals surface area contributed by atoms with Crippen LogP contribution < -0.4 is 14.8 Å². The van der Waals surface area contributed by atoms with Crippen molar-refractivity contribution < 1.29 is 37.0 Å². The largest absolute Gasteiger partial charge is 0.573 e. The number of piperidine rings is 2. The monoisotopic (exact) mass is 491 g/mol. The molecular weight excluding hydrogens is 467 g/mol. The molecule has 0 bridgehead atoms. The quantitative estimate of drug-likeness (QED) is 0.700. The number of fused-ring (bicyclic) bond motifs is 1. The highest BCUT2D eigenvalue weighted by molar-refractivity contribution is 6.32. The Bertz CT molecular complexity index is 879. The number of carbonyl (C=O) groups is 2. The van der Waals surface area contributed by atoms with E-state index >= 15 is 0 Å². The normalized spacial score (nSPS) is 24.2. The summed E-state index contributed by atoms with van der Waals surface area (Å²) in [5.41, 5.74) is 0. The second kappa shape index (κ2) is 9.84. The first-order chi connectivity index (χ1) is 15.7. The number of likely N-dealkylation sites (tertiary alicyclic amines) is 2. The van der Waals surface area contributed by atoms with E-state index in [1.165, 1.54) is 6.07 Å². The SMILES string of the molecule is O=C1COC2CCN(C(=O)N3CCC(COc4ccc(OC(F)(F)F)cc4Cl)CC3)C[C@H]2N1. The summed E-state index contributed by atoms with van der Waals surface area (Å²) in [7, 11) is 0. The van der Waals surface area contributed by atoms with Crippen molar-refractivity contribution in [3.63, 3.8) is 0 Å². The predicted octanol–water partition coefficient (Wildman–Crippen LogP) is 3.04. The molecule has 1 N–H and O–H groups in total. The fourth-order valence-electron chi connectivity index (χ4n) is 4.37. The molecule has 4 rings (SSSR count). The van der Waals surface area contributed by atoms with Crippen molar-refractivity contribution in [3.05, 3.63) is 23.2 Å². The zero-order valence-corrected chi connectivity index (χ0v) is 18.5. The first-order valence-electron chi connectivity index (χ1n) is 10.8. The van der Waals surface area contributed by atoms with E-state index in [1.807, 2.05) is 0 Å². The molecule has 1 aromatic rings. The number of benzene rings is 1. The smallest absolute Gasteiger partial charge is 0.492 e. The van der Waals surface area contributed by atoms with Gasteiger partial charge in [-0.05, 0) is 37.3 Å². The van der Waals surface area contributed by atoms with Crippen LogP contribution in [0.1, 0.15) is 19.3 Å². The molecule has 8 nitrogen and oxygen atoms in total. The van der Waals surface area contributed by atoms with Crippen molar-refractivity contribution in [2.24, 2.45) is 5.92 Å². The van der Waals surface area contributed by atoms with E-state index in [0.717, 1.165) is 25.0 Å². The molecule has 3 amide bonds. The lowest BCUT2D eigenvalue weighted by Crippen LogP contribution is -2.62. The number of ether oxygens (including phenoxy) is 3. The van der Waals surface area contributed by atoms with Crippen molar-refractivity contribution in [3.8, 4) is 11.5 Å². The minimum Gasteiger partial charge on any atom is -0.492 e. The van der Waals surface area contributed by atoms with Crippen LogP contribution >= 0.6 is 11.6 Å². The molecule has 0 saturated carbocycles. The van der Waals surface area contributed by atoms with E-state index < -0.39 is 12.1 Å². The van der Waals surface area contributed by atoms with E-state index in [1.54, 1.807) is 9.80 Å². The van der Waals surface area contributed by atoms with Gasteiger partial charge in [-0.2, -0.15) is 0 Å². The number of amides is 3. The topological polar surface area (TPSA) is 80.3 Å². The molecule has 0 spiro atoms. The molecule has 0 aromatic heterocycles. The number of halogens is 4. The van der Waals surface area contributed by atoms with Crippen molar-refractivity contribution in [1.82, 2.24) is 15.1 Å². The highest BCUT2D eigenvalue weighted by atomic mass is 35.5. The van der Waals surface area contributed by atoms with Crippen molar-refractivity contribution in [2.45, 2.75) is 37.8 Å². The fraction of sp³-hybridized carbons (Fsp3) is 0.619. The van der Waals surface area contributed by atoms with Gasteiger partial charge in [0.1, 0.15) is 18.1 Å². The second-order valence-electron chi connectivity index (χ2n) is 8.42. The summed E-state index contributed by atoms with van der Waals surface area (Å²) in [4.78, 5) is 28.1. The molecule has 1 aromatic carbocycles. The number of nitrogens with zero attached hydrogens (tertiary/aromatic N) is 2. The zero-order chi connectivity index (χ0) is 23.6. The van der Waals surface area contributed by atoms with Gasteiger partial charge in [0.25, 0.3) is 0 Å². The van der Waals surface area contributed by atoms with Gasteiger partial charge in [0.15, 0.2) is 0 Å². The van der Waals surface area contributed by atoms with Gasteiger partial charge in [-0.15, -0.1) is 13.2 Å². The molecule has 3 heterocycles. The van der Waals surface area contributed by atoms with Crippen molar-refractivity contribution in [1.29, 1.82) is 0 Å². The van der Waals surface area contributed by atoms with Crippen LogP contribution in [0.4, 0.5) is 18.0 Å². The van der Waals surface area contributed by atoms with Crippen LogP contribution in [0.2, 0.25) is 5.02 Å². The van der Waals surface area contributed by atoms with Crippen LogP contribution in [0.15, 0.2) is 18.2 Å². The zero-order valence-electron chi connectivity index (χ0n) is 17.8. The summed E-state index contributed by atoms with van der Waals surface area (Å²) < 4.78 is 52.0. The minimum absolute atomic E-state index is 0.0338. The summed E-state index contributed by atoms with van der Waals surface area (Å²) in [5.74, 6) is -0.0960. The van der Waals surface area contributed by atoms with Crippen LogP contribution in [0.3, 0.4) is 0 Å². The van der Waals surface area contributed by atoms with E-state index in [9.17, 15) is 22.8 Å². The number of rotatable bonds is 4. The third kappa shape index (κ3) is 6.14. The Morgan fingerprint density at radius 3 is 2.61 bits per heavy atom. The van der Waals surface area contributed by atoms with Gasteiger partial charge < -0.3 is 29.3 Å². The fourth-order valence-corrected chi connectivity index (χ4v) is 4.59. The van der Waals surface area contributed by atoms with Gasteiger partial charge in [0.05, 0.1) is 23.8 Å². The van der Waals surface area contributed by atoms with Gasteiger partial charge in [-0.25, -0.2) is 4.79 Å². The van der Waals surface area contributed by atoms with E-state index in [0.29, 0.717) is 39.2 Å². The average molecular weight is 492 g/mol. The van der Waals surface area contributed by atoms with Gasteiger partial charge in [-0.1, -0.05) is 11.6 Å². The number of urea groups is 1. The van der Waals surface area contributed by atoms with Crippen LogP contribution in [-0.4, -0.2) is 79.6 Å². The Labute approximate surface area is 193 Å². The summed E-state index contributed by atoms with van der Waals surface area (Å²) in [6.45, 7) is 2.59. The first-order valence-corrected chi connectivity index (χ1v) is 11.2. The van der Waals surface area contributed by atoms with Crippen LogP contribution in [0.5, 0.6) is 11.5 Å². The lowest BCUT2D eigenvalue weighted by atomic mass is 9.97. The first kappa shape index (κ1) is 23.7. The van der Waals surface area contributed by atoms with Gasteiger partial charge in [0, 0.05) is 32.2 Å². The summed E-state index contributed by atoms with van der Waals surface area (Å²) in [5, 5.41) is 2.93. The predicted molar refractivity (Wildman–Crippen MR) is 111 cm³/mol. The molecule has 12 heteroatoms. The van der Waals surface area contributed by atoms with Crippen molar-refractivity contribution in [2.75, 3.05) is 39.4 Å². The molecule has 33 heavy (non-hydrogen) atoms. The maximum absolute atomic E-state index is 12.9. The Kier molecular flexibility index (Phi) is 7.08. The number of alkyl halides is 3. The number of morpholine rings is 1.